The molecule has 0 radical (unpaired) electrons. The molecule has 2 aromatic rings. The summed E-state index contributed by atoms with van der Waals surface area (Å²) in [5.41, 5.74) is 1.40. The fourth-order valence-electron chi connectivity index (χ4n) is 1.79. The number of halogens is 5. The van der Waals surface area contributed by atoms with E-state index in [1.165, 1.54) is 13.3 Å². The molecule has 0 aliphatic rings. The predicted octanol–water partition coefficient (Wildman–Crippen LogP) is 5.52. The molecule has 8 heteroatoms. The Morgan fingerprint density at radius 1 is 1.00 bits per heavy atom. The molecule has 0 fully saturated rings. The number of ether oxygens (including phenoxy) is 1. The maximum Gasteiger partial charge on any atom is 0.218 e. The van der Waals surface area contributed by atoms with Gasteiger partial charge in [-0.3, -0.25) is 0 Å². The minimum absolute atomic E-state index is 0.0842. The zero-order valence-electron chi connectivity index (χ0n) is 10.6. The molecule has 0 atom stereocenters. The van der Waals surface area contributed by atoms with Crippen LogP contribution in [0.15, 0.2) is 12.3 Å². The normalized spacial score (nSPS) is 10.8. The second kappa shape index (κ2) is 6.78. The molecule has 1 N–H and O–H groups in total. The van der Waals surface area contributed by atoms with Gasteiger partial charge in [0.15, 0.2) is 0 Å². The molecule has 0 aliphatic heterocycles. The minimum atomic E-state index is -0.256. The third-order valence-corrected chi connectivity index (χ3v) is 5.06. The zero-order valence-corrected chi connectivity index (χ0v) is 14.3. The van der Waals surface area contributed by atoms with Crippen molar-refractivity contribution in [1.29, 1.82) is 0 Å². The van der Waals surface area contributed by atoms with E-state index in [1.54, 1.807) is 6.07 Å². The third kappa shape index (κ3) is 3.04. The summed E-state index contributed by atoms with van der Waals surface area (Å²) in [5.74, 6) is 0.305. The highest BCUT2D eigenvalue weighted by molar-refractivity contribution is 6.56. The Morgan fingerprint density at radius 2 is 1.52 bits per heavy atom. The number of methoxy groups -OCH3 is 1. The van der Waals surface area contributed by atoms with Crippen molar-refractivity contribution in [2.24, 2.45) is 0 Å². The lowest BCUT2D eigenvalue weighted by atomic mass is 10.1. The summed E-state index contributed by atoms with van der Waals surface area (Å²) >= 11 is 30.4. The molecule has 2 rings (SSSR count). The van der Waals surface area contributed by atoms with Gasteiger partial charge in [-0.1, -0.05) is 58.0 Å². The highest BCUT2D eigenvalue weighted by Crippen LogP contribution is 2.48. The minimum Gasteiger partial charge on any atom is -0.481 e. The molecule has 1 aromatic carbocycles. The highest BCUT2D eigenvalue weighted by atomic mass is 35.5. The topological polar surface area (TPSA) is 42.4 Å². The Morgan fingerprint density at radius 3 is 2.00 bits per heavy atom. The summed E-state index contributed by atoms with van der Waals surface area (Å²) in [6.07, 6.45) is 1.49. The van der Waals surface area contributed by atoms with Crippen molar-refractivity contribution in [3.63, 3.8) is 0 Å². The van der Waals surface area contributed by atoms with E-state index in [2.05, 4.69) is 4.98 Å². The molecule has 112 valence electrons. The largest absolute Gasteiger partial charge is 0.481 e. The van der Waals surface area contributed by atoms with Crippen LogP contribution in [0.5, 0.6) is 5.88 Å². The standard InChI is InChI=1S/C13H8Cl5NO2/c1-21-13-6(4-20)2-5(3-19-13)7-8(14)10(16)12(18)11(17)9(7)15/h2-3,20H,4H2,1H3. The molecule has 0 spiro atoms. The van der Waals surface area contributed by atoms with Crippen molar-refractivity contribution < 1.29 is 9.84 Å². The number of benzene rings is 1. The monoisotopic (exact) mass is 385 g/mol. The van der Waals surface area contributed by atoms with Crippen molar-refractivity contribution in [2.45, 2.75) is 6.61 Å². The van der Waals surface area contributed by atoms with Crippen LogP contribution in [0.1, 0.15) is 5.56 Å². The molecule has 3 nitrogen and oxygen atoms in total. The lowest BCUT2D eigenvalue weighted by Gasteiger charge is -2.14. The van der Waals surface area contributed by atoms with E-state index in [-0.39, 0.29) is 31.7 Å². The first-order valence-corrected chi connectivity index (χ1v) is 7.46. The molecule has 0 saturated heterocycles. The second-order valence-electron chi connectivity index (χ2n) is 4.00. The van der Waals surface area contributed by atoms with Gasteiger partial charge in [0, 0.05) is 22.9 Å². The van der Waals surface area contributed by atoms with Crippen LogP contribution in [-0.4, -0.2) is 17.2 Å². The molecule has 0 bridgehead atoms. The summed E-state index contributed by atoms with van der Waals surface area (Å²) < 4.78 is 5.04. The first-order valence-electron chi connectivity index (χ1n) is 5.57. The van der Waals surface area contributed by atoms with Crippen molar-refractivity contribution >= 4 is 58.0 Å². The van der Waals surface area contributed by atoms with E-state index < -0.39 is 0 Å². The van der Waals surface area contributed by atoms with Gasteiger partial charge in [-0.05, 0) is 6.07 Å². The maximum absolute atomic E-state index is 9.35. The van der Waals surface area contributed by atoms with Crippen LogP contribution in [0.25, 0.3) is 11.1 Å². The Balaban J connectivity index is 2.73. The Bertz CT molecular complexity index is 676. The first-order chi connectivity index (χ1) is 9.92. The average Bonchev–Trinajstić information content (AvgIpc) is 2.51. The summed E-state index contributed by atoms with van der Waals surface area (Å²) in [5, 5.41) is 9.96. The Kier molecular flexibility index (Phi) is 5.47. The highest BCUT2D eigenvalue weighted by Gasteiger charge is 2.21. The van der Waals surface area contributed by atoms with E-state index in [9.17, 15) is 5.11 Å². The number of hydrogen-bond donors (Lipinski definition) is 1. The average molecular weight is 387 g/mol. The molecular formula is C13H8Cl5NO2. The van der Waals surface area contributed by atoms with Crippen molar-refractivity contribution in [2.75, 3.05) is 7.11 Å². The van der Waals surface area contributed by atoms with Gasteiger partial charge in [-0.15, -0.1) is 0 Å². The van der Waals surface area contributed by atoms with Gasteiger partial charge in [-0.2, -0.15) is 0 Å². The maximum atomic E-state index is 9.35. The number of aliphatic hydroxyl groups excluding tert-OH is 1. The van der Waals surface area contributed by atoms with Gasteiger partial charge in [0.2, 0.25) is 5.88 Å². The fourth-order valence-corrected chi connectivity index (χ4v) is 3.15. The number of aliphatic hydroxyl groups is 1. The molecule has 1 aromatic heterocycles. The molecule has 1 heterocycles. The molecule has 0 unspecified atom stereocenters. The molecule has 0 saturated carbocycles. The van der Waals surface area contributed by atoms with E-state index in [0.29, 0.717) is 22.6 Å². The van der Waals surface area contributed by atoms with Gasteiger partial charge >= 0.3 is 0 Å². The van der Waals surface area contributed by atoms with E-state index in [4.69, 9.17) is 62.7 Å². The van der Waals surface area contributed by atoms with Crippen LogP contribution in [0.2, 0.25) is 25.1 Å². The predicted molar refractivity (Wildman–Crippen MR) is 87.2 cm³/mol. The van der Waals surface area contributed by atoms with Crippen LogP contribution in [0.3, 0.4) is 0 Å². The van der Waals surface area contributed by atoms with Crippen molar-refractivity contribution in [3.8, 4) is 17.0 Å². The lowest BCUT2D eigenvalue weighted by Crippen LogP contribution is -1.96. The zero-order chi connectivity index (χ0) is 15.7. The quantitative estimate of drug-likeness (QED) is 0.557. The van der Waals surface area contributed by atoms with Crippen molar-refractivity contribution in [1.82, 2.24) is 4.98 Å². The van der Waals surface area contributed by atoms with E-state index >= 15 is 0 Å². The lowest BCUT2D eigenvalue weighted by molar-refractivity contribution is 0.271. The Labute approximate surface area is 146 Å². The van der Waals surface area contributed by atoms with Gasteiger partial charge < -0.3 is 9.84 Å². The molecule has 21 heavy (non-hydrogen) atoms. The summed E-state index contributed by atoms with van der Waals surface area (Å²) in [6.45, 7) is -0.256. The smallest absolute Gasteiger partial charge is 0.218 e. The van der Waals surface area contributed by atoms with Gasteiger partial charge in [0.1, 0.15) is 0 Å². The van der Waals surface area contributed by atoms with Gasteiger partial charge in [-0.25, -0.2) is 4.98 Å². The number of pyridine rings is 1. The van der Waals surface area contributed by atoms with E-state index in [0.717, 1.165) is 0 Å². The van der Waals surface area contributed by atoms with Crippen LogP contribution < -0.4 is 4.74 Å². The van der Waals surface area contributed by atoms with Gasteiger partial charge in [0.25, 0.3) is 0 Å². The summed E-state index contributed by atoms with van der Waals surface area (Å²) in [4.78, 5) is 4.09. The third-order valence-electron chi connectivity index (χ3n) is 2.79. The van der Waals surface area contributed by atoms with Crippen LogP contribution in [0, 0.1) is 0 Å². The Hall–Kier alpha value is -0.420. The fraction of sp³-hybridized carbons (Fsp3) is 0.154. The van der Waals surface area contributed by atoms with Crippen LogP contribution in [0.4, 0.5) is 0 Å². The summed E-state index contributed by atoms with van der Waals surface area (Å²) in [7, 11) is 1.46. The molecule has 0 aliphatic carbocycles. The molecular weight excluding hydrogens is 379 g/mol. The SMILES string of the molecule is COc1ncc(-c2c(Cl)c(Cl)c(Cl)c(Cl)c2Cl)cc1CO. The molecule has 0 amide bonds. The number of rotatable bonds is 3. The van der Waals surface area contributed by atoms with E-state index in [1.807, 2.05) is 0 Å². The first kappa shape index (κ1) is 16.9. The van der Waals surface area contributed by atoms with Crippen LogP contribution in [-0.2, 0) is 6.61 Å². The van der Waals surface area contributed by atoms with Crippen LogP contribution >= 0.6 is 58.0 Å². The second-order valence-corrected chi connectivity index (χ2v) is 5.89. The van der Waals surface area contributed by atoms with Crippen molar-refractivity contribution in [3.05, 3.63) is 42.9 Å². The number of hydrogen-bond acceptors (Lipinski definition) is 3. The van der Waals surface area contributed by atoms with Gasteiger partial charge in [0.05, 0.1) is 38.8 Å². The number of aromatic nitrogens is 1. The summed E-state index contributed by atoms with van der Waals surface area (Å²) in [6, 6.07) is 1.64. The number of nitrogens with zero attached hydrogens (tertiary/aromatic N) is 1.